The van der Waals surface area contributed by atoms with Gasteiger partial charge in [0.1, 0.15) is 0 Å². The van der Waals surface area contributed by atoms with Gasteiger partial charge < -0.3 is 9.16 Å². The van der Waals surface area contributed by atoms with Gasteiger partial charge in [0.15, 0.2) is 8.32 Å². The first-order chi connectivity index (χ1) is 12.3. The van der Waals surface area contributed by atoms with Crippen LogP contribution in [-0.2, 0) is 15.8 Å². The van der Waals surface area contributed by atoms with Gasteiger partial charge >= 0.3 is 0 Å². The molecule has 0 heterocycles. The van der Waals surface area contributed by atoms with Crippen molar-refractivity contribution in [2.75, 3.05) is 13.2 Å². The van der Waals surface area contributed by atoms with E-state index in [1.54, 1.807) is 0 Å². The molecule has 3 heteroatoms. The third-order valence-electron chi connectivity index (χ3n) is 5.56. The number of ether oxygens (including phenoxy) is 1. The summed E-state index contributed by atoms with van der Waals surface area (Å²) in [6.45, 7) is 14.2. The molecule has 0 saturated carbocycles. The van der Waals surface area contributed by atoms with Crippen molar-refractivity contribution in [3.05, 3.63) is 35.9 Å². The van der Waals surface area contributed by atoms with Gasteiger partial charge in [-0.05, 0) is 36.5 Å². The fourth-order valence-electron chi connectivity index (χ4n) is 2.67. The maximum Gasteiger partial charge on any atom is 0.191 e. The molecule has 0 unspecified atom stereocenters. The highest BCUT2D eigenvalue weighted by atomic mass is 28.4. The predicted molar refractivity (Wildman–Crippen MR) is 116 cm³/mol. The average Bonchev–Trinajstić information content (AvgIpc) is 2.59. The SMILES string of the molecule is CC(C)(C)[Si](C)(C)OCCCCCCCCCCOCc1ccccc1. The molecule has 0 spiro atoms. The van der Waals surface area contributed by atoms with Crippen LogP contribution in [0.4, 0.5) is 0 Å². The first-order valence-electron chi connectivity index (χ1n) is 10.6. The minimum absolute atomic E-state index is 0.331. The zero-order chi connectivity index (χ0) is 19.3. The molecule has 0 aromatic heterocycles. The number of benzene rings is 1. The maximum atomic E-state index is 6.23. The molecular weight excluding hydrogens is 336 g/mol. The van der Waals surface area contributed by atoms with Gasteiger partial charge in [0.05, 0.1) is 6.61 Å². The highest BCUT2D eigenvalue weighted by Crippen LogP contribution is 2.36. The second-order valence-electron chi connectivity index (χ2n) is 8.98. The molecule has 1 rings (SSSR count). The lowest BCUT2D eigenvalue weighted by Crippen LogP contribution is -2.40. The Morgan fingerprint density at radius 2 is 1.23 bits per heavy atom. The van der Waals surface area contributed by atoms with Crippen molar-refractivity contribution in [1.82, 2.24) is 0 Å². The largest absolute Gasteiger partial charge is 0.417 e. The van der Waals surface area contributed by atoms with Crippen molar-refractivity contribution < 1.29 is 9.16 Å². The van der Waals surface area contributed by atoms with Crippen molar-refractivity contribution in [2.24, 2.45) is 0 Å². The number of hydrogen-bond donors (Lipinski definition) is 0. The quantitative estimate of drug-likeness (QED) is 0.249. The molecule has 0 radical (unpaired) electrons. The van der Waals surface area contributed by atoms with E-state index in [1.807, 2.05) is 6.07 Å². The molecule has 1 aromatic carbocycles. The minimum atomic E-state index is -1.54. The first kappa shape index (κ1) is 23.4. The van der Waals surface area contributed by atoms with E-state index in [0.29, 0.717) is 5.04 Å². The van der Waals surface area contributed by atoms with Crippen molar-refractivity contribution in [3.8, 4) is 0 Å². The normalized spacial score (nSPS) is 12.5. The number of rotatable bonds is 14. The Morgan fingerprint density at radius 1 is 0.731 bits per heavy atom. The summed E-state index contributed by atoms with van der Waals surface area (Å²) >= 11 is 0. The van der Waals surface area contributed by atoms with Crippen LogP contribution in [0.1, 0.15) is 77.7 Å². The van der Waals surface area contributed by atoms with Crippen LogP contribution < -0.4 is 0 Å². The van der Waals surface area contributed by atoms with Crippen molar-refractivity contribution >= 4 is 8.32 Å². The standard InChI is InChI=1S/C23H42O2Si/c1-23(2,3)26(4,5)25-20-16-11-9-7-6-8-10-15-19-24-21-22-17-13-12-14-18-22/h12-14,17-18H,6-11,15-16,19-21H2,1-5H3. The zero-order valence-electron chi connectivity index (χ0n) is 18.0. The molecule has 0 N–H and O–H groups in total. The van der Waals surface area contributed by atoms with Crippen LogP contribution in [0.3, 0.4) is 0 Å². The Kier molecular flexibility index (Phi) is 11.4. The third-order valence-corrected chi connectivity index (χ3v) is 10.1. The van der Waals surface area contributed by atoms with E-state index >= 15 is 0 Å². The summed E-state index contributed by atoms with van der Waals surface area (Å²) in [5.41, 5.74) is 1.27. The summed E-state index contributed by atoms with van der Waals surface area (Å²) in [6, 6.07) is 10.4. The van der Waals surface area contributed by atoms with Gasteiger partial charge in [-0.15, -0.1) is 0 Å². The molecule has 0 atom stereocenters. The predicted octanol–water partition coefficient (Wildman–Crippen LogP) is 7.35. The van der Waals surface area contributed by atoms with E-state index in [1.165, 1.54) is 56.9 Å². The lowest BCUT2D eigenvalue weighted by molar-refractivity contribution is 0.116. The van der Waals surface area contributed by atoms with Crippen molar-refractivity contribution in [1.29, 1.82) is 0 Å². The van der Waals surface area contributed by atoms with Gasteiger partial charge in [0, 0.05) is 13.2 Å². The van der Waals surface area contributed by atoms with Gasteiger partial charge in [-0.25, -0.2) is 0 Å². The molecule has 0 saturated heterocycles. The second-order valence-corrected chi connectivity index (χ2v) is 13.8. The molecule has 150 valence electrons. The van der Waals surface area contributed by atoms with Gasteiger partial charge in [-0.1, -0.05) is 89.6 Å². The van der Waals surface area contributed by atoms with Crippen LogP contribution in [0, 0.1) is 0 Å². The highest BCUT2D eigenvalue weighted by Gasteiger charge is 2.36. The minimum Gasteiger partial charge on any atom is -0.417 e. The highest BCUT2D eigenvalue weighted by molar-refractivity contribution is 6.74. The van der Waals surface area contributed by atoms with Gasteiger partial charge in [0.25, 0.3) is 0 Å². The molecule has 0 aliphatic carbocycles. The van der Waals surface area contributed by atoms with Crippen LogP contribution in [0.15, 0.2) is 30.3 Å². The molecule has 0 amide bonds. The van der Waals surface area contributed by atoms with Crippen LogP contribution in [0.2, 0.25) is 18.1 Å². The van der Waals surface area contributed by atoms with E-state index < -0.39 is 8.32 Å². The molecule has 0 aliphatic rings. The summed E-state index contributed by atoms with van der Waals surface area (Å²) in [6.07, 6.45) is 10.4. The van der Waals surface area contributed by atoms with E-state index in [0.717, 1.165) is 19.8 Å². The Bertz CT molecular complexity index is 451. The van der Waals surface area contributed by atoms with E-state index in [9.17, 15) is 0 Å². The maximum absolute atomic E-state index is 6.23. The Hall–Kier alpha value is -0.643. The summed E-state index contributed by atoms with van der Waals surface area (Å²) < 4.78 is 12.0. The Morgan fingerprint density at radius 3 is 1.77 bits per heavy atom. The topological polar surface area (TPSA) is 18.5 Å². The lowest BCUT2D eigenvalue weighted by Gasteiger charge is -2.36. The molecule has 2 nitrogen and oxygen atoms in total. The fraction of sp³-hybridized carbons (Fsp3) is 0.739. The fourth-order valence-corrected chi connectivity index (χ4v) is 3.76. The van der Waals surface area contributed by atoms with Crippen LogP contribution in [0.25, 0.3) is 0 Å². The average molecular weight is 379 g/mol. The Labute approximate surface area is 163 Å². The van der Waals surface area contributed by atoms with E-state index in [-0.39, 0.29) is 0 Å². The zero-order valence-corrected chi connectivity index (χ0v) is 19.0. The first-order valence-corrected chi connectivity index (χ1v) is 13.5. The van der Waals surface area contributed by atoms with Gasteiger partial charge in [0.2, 0.25) is 0 Å². The van der Waals surface area contributed by atoms with Crippen LogP contribution in [-0.4, -0.2) is 21.5 Å². The molecule has 0 aliphatic heterocycles. The number of hydrogen-bond acceptors (Lipinski definition) is 2. The third kappa shape index (κ3) is 10.5. The van der Waals surface area contributed by atoms with Crippen molar-refractivity contribution in [2.45, 2.75) is 96.9 Å². The lowest BCUT2D eigenvalue weighted by atomic mass is 10.1. The van der Waals surface area contributed by atoms with E-state index in [2.05, 4.69) is 58.1 Å². The second kappa shape index (κ2) is 12.7. The summed E-state index contributed by atoms with van der Waals surface area (Å²) in [5.74, 6) is 0. The van der Waals surface area contributed by atoms with Gasteiger partial charge in [-0.3, -0.25) is 0 Å². The van der Waals surface area contributed by atoms with Gasteiger partial charge in [-0.2, -0.15) is 0 Å². The number of unbranched alkanes of at least 4 members (excludes halogenated alkanes) is 7. The molecular formula is C23H42O2Si. The summed E-state index contributed by atoms with van der Waals surface area (Å²) in [4.78, 5) is 0. The van der Waals surface area contributed by atoms with E-state index in [4.69, 9.17) is 9.16 Å². The summed E-state index contributed by atoms with van der Waals surface area (Å²) in [7, 11) is -1.54. The van der Waals surface area contributed by atoms with Crippen LogP contribution in [0.5, 0.6) is 0 Å². The monoisotopic (exact) mass is 378 g/mol. The Balaban J connectivity index is 1.84. The summed E-state index contributed by atoms with van der Waals surface area (Å²) in [5, 5.41) is 0.331. The molecule has 1 aromatic rings. The molecule has 0 bridgehead atoms. The van der Waals surface area contributed by atoms with Crippen molar-refractivity contribution in [3.63, 3.8) is 0 Å². The molecule has 0 fully saturated rings. The molecule has 26 heavy (non-hydrogen) atoms. The van der Waals surface area contributed by atoms with Crippen LogP contribution >= 0.6 is 0 Å². The smallest absolute Gasteiger partial charge is 0.191 e.